The molecular formula is C125H72N12O4S. The van der Waals surface area contributed by atoms with Gasteiger partial charge in [0.1, 0.15) is 5.82 Å². The number of fused-ring (bicyclic) bond motifs is 24. The highest BCUT2D eigenvalue weighted by Crippen LogP contribution is 2.45. The fraction of sp³-hybridized carbons (Fsp3) is 0. The molecular weight excluding hydrogens is 1770 g/mol. The maximum Gasteiger partial charge on any atom is 0.263 e. The summed E-state index contributed by atoms with van der Waals surface area (Å²) in [6.07, 6.45) is 9.15. The van der Waals surface area contributed by atoms with Gasteiger partial charge in [0.2, 0.25) is 0 Å². The van der Waals surface area contributed by atoms with Crippen LogP contribution in [0.5, 0.6) is 0 Å². The van der Waals surface area contributed by atoms with E-state index in [9.17, 15) is 19.2 Å². The fourth-order valence-electron chi connectivity index (χ4n) is 21.7. The minimum atomic E-state index is -0.0134. The molecule has 0 fully saturated rings. The zero-order chi connectivity index (χ0) is 94.1. The molecule has 0 saturated heterocycles. The van der Waals surface area contributed by atoms with Crippen LogP contribution in [0.25, 0.3) is 268 Å². The highest BCUT2D eigenvalue weighted by Gasteiger charge is 2.26. The summed E-state index contributed by atoms with van der Waals surface area (Å²) in [7, 11) is 0. The van der Waals surface area contributed by atoms with Crippen molar-refractivity contribution >= 4 is 195 Å². The van der Waals surface area contributed by atoms with Gasteiger partial charge in [-0.2, -0.15) is 0 Å². The molecule has 0 amide bonds. The van der Waals surface area contributed by atoms with Crippen molar-refractivity contribution in [2.45, 2.75) is 0 Å². The smallest absolute Gasteiger partial charge is 0.263 e. The van der Waals surface area contributed by atoms with Gasteiger partial charge in [-0.1, -0.05) is 243 Å². The van der Waals surface area contributed by atoms with Gasteiger partial charge in [0, 0.05) is 165 Å². The van der Waals surface area contributed by atoms with Gasteiger partial charge in [0.25, 0.3) is 22.2 Å². The number of thiophene rings is 1. The van der Waals surface area contributed by atoms with Gasteiger partial charge in [-0.3, -0.25) is 66.3 Å². The van der Waals surface area contributed by atoms with Gasteiger partial charge in [-0.25, -0.2) is 9.97 Å². The third-order valence-corrected chi connectivity index (χ3v) is 29.3. The molecule has 0 atom stereocenters. The average molecular weight is 1840 g/mol. The fourth-order valence-corrected chi connectivity index (χ4v) is 22.8. The summed E-state index contributed by atoms with van der Waals surface area (Å²) >= 11 is 1.83. The standard InChI is InChI=1S/C37H22N4O.C35H21N3O.C30H16N2OS.C23H13N3O/c42-37-29-11-5-4-10-27(29)34-35-28(20-21-38-34)30-22-25(18-19-32(30)41(35)37)23-14-16-24(17-15-23)36-39-31-12-6-7-13-33(31)40(36)26-8-2-1-3-9-26;39-35-28-14-8-7-13-26(28)33-34-27(17-18-36-33)29-19-24(15-16-32(29)38(34)35)25-20-30(22-9-3-1-4-10-22)37-31(21-25)23-11-5-2-6-12-23;33-30-22-7-2-1-6-20(22)28-29-21(13-14-31-28)23-15-17(9-11-25(23)32(29)30)18-10-12-27-24(16-18)19-5-3-4-8-26(19)34-27;27-23-17-6-2-1-5-15(17)21-22-16(10-12-25-21)18-13-14(8-9-20(18)26(22)23)19-7-3-4-11-24-19/h1-22H;1-21H;1-16H;1-13H. The first-order valence-electron chi connectivity index (χ1n) is 47.0. The third kappa shape index (κ3) is 12.7. The van der Waals surface area contributed by atoms with Gasteiger partial charge in [0.05, 0.1) is 94.3 Å². The molecule has 0 aliphatic heterocycles. The first-order chi connectivity index (χ1) is 70.1. The Morgan fingerprint density at radius 3 is 0.972 bits per heavy atom. The average Bonchev–Trinajstić information content (AvgIpc) is 1.56. The quantitative estimate of drug-likeness (QED) is 0.132. The molecule has 0 unspecified atom stereocenters. The summed E-state index contributed by atoms with van der Waals surface area (Å²) in [6, 6.07) is 137. The molecule has 0 N–H and O–H groups in total. The normalized spacial score (nSPS) is 11.9. The molecule has 0 radical (unpaired) electrons. The molecule has 662 valence electrons. The second-order valence-electron chi connectivity index (χ2n) is 36.0. The van der Waals surface area contributed by atoms with Crippen molar-refractivity contribution in [1.29, 1.82) is 0 Å². The van der Waals surface area contributed by atoms with Crippen LogP contribution >= 0.6 is 11.3 Å². The lowest BCUT2D eigenvalue weighted by Gasteiger charge is -2.11. The Hall–Kier alpha value is -19.2. The van der Waals surface area contributed by atoms with E-state index in [1.165, 1.54) is 25.7 Å². The van der Waals surface area contributed by atoms with Crippen LogP contribution in [-0.4, -0.2) is 57.1 Å². The minimum absolute atomic E-state index is 0.00307. The van der Waals surface area contributed by atoms with Crippen molar-refractivity contribution in [3.05, 3.63) is 479 Å². The molecule has 0 aliphatic carbocycles. The van der Waals surface area contributed by atoms with E-state index in [0.717, 1.165) is 221 Å². The lowest BCUT2D eigenvalue weighted by atomic mass is 9.98. The van der Waals surface area contributed by atoms with Crippen LogP contribution in [0, 0.1) is 0 Å². The highest BCUT2D eigenvalue weighted by molar-refractivity contribution is 7.25. The van der Waals surface area contributed by atoms with E-state index < -0.39 is 0 Å². The number of pyridine rings is 10. The summed E-state index contributed by atoms with van der Waals surface area (Å²) in [5.41, 5.74) is 27.3. The van der Waals surface area contributed by atoms with E-state index in [-0.39, 0.29) is 22.2 Å². The van der Waals surface area contributed by atoms with Crippen LogP contribution < -0.4 is 22.2 Å². The van der Waals surface area contributed by atoms with Crippen LogP contribution in [-0.2, 0) is 0 Å². The molecule has 31 rings (SSSR count). The molecule has 16 aromatic heterocycles. The van der Waals surface area contributed by atoms with E-state index in [4.69, 9.17) is 19.9 Å². The lowest BCUT2D eigenvalue weighted by Crippen LogP contribution is -2.13. The topological polar surface area (TPSA) is 181 Å². The van der Waals surface area contributed by atoms with E-state index in [1.54, 1.807) is 10.6 Å². The Morgan fingerprint density at radius 1 is 0.190 bits per heavy atom. The van der Waals surface area contributed by atoms with Crippen molar-refractivity contribution in [1.82, 2.24) is 57.1 Å². The molecule has 16 heterocycles. The zero-order valence-corrected chi connectivity index (χ0v) is 76.3. The maximum atomic E-state index is 13.7. The Bertz CT molecular complexity index is 10800. The molecule has 16 nitrogen and oxygen atoms in total. The number of rotatable bonds is 8. The van der Waals surface area contributed by atoms with Gasteiger partial charge < -0.3 is 0 Å². The highest BCUT2D eigenvalue weighted by atomic mass is 32.1. The molecule has 142 heavy (non-hydrogen) atoms. The summed E-state index contributed by atoms with van der Waals surface area (Å²) in [5.74, 6) is 0.906. The Balaban J connectivity index is 0.0000000935. The molecule has 0 spiro atoms. The van der Waals surface area contributed by atoms with Gasteiger partial charge in [-0.15, -0.1) is 11.3 Å². The van der Waals surface area contributed by atoms with Gasteiger partial charge in [-0.05, 0) is 197 Å². The number of hydrogen-bond acceptors (Lipinski definition) is 12. The predicted octanol–water partition coefficient (Wildman–Crippen LogP) is 28.5. The molecule has 0 saturated carbocycles. The minimum Gasteiger partial charge on any atom is -0.292 e. The molecule has 0 bridgehead atoms. The van der Waals surface area contributed by atoms with Crippen molar-refractivity contribution in [3.8, 4) is 84.2 Å². The number of benzene rings is 15. The number of nitrogens with zero attached hydrogens (tertiary/aromatic N) is 12. The largest absolute Gasteiger partial charge is 0.292 e. The Morgan fingerprint density at radius 2 is 0.528 bits per heavy atom. The van der Waals surface area contributed by atoms with E-state index in [0.29, 0.717) is 21.5 Å². The summed E-state index contributed by atoms with van der Waals surface area (Å²) in [5, 5.41) is 17.3. The molecule has 17 heteroatoms. The number of hydrogen-bond donors (Lipinski definition) is 0. The van der Waals surface area contributed by atoms with E-state index >= 15 is 0 Å². The number of para-hydroxylation sites is 3. The van der Waals surface area contributed by atoms with Crippen LogP contribution in [0.15, 0.2) is 457 Å². The van der Waals surface area contributed by atoms with Crippen LogP contribution in [0.3, 0.4) is 0 Å². The Labute approximate surface area is 809 Å². The van der Waals surface area contributed by atoms with Crippen molar-refractivity contribution in [2.75, 3.05) is 0 Å². The Kier molecular flexibility index (Phi) is 18.4. The van der Waals surface area contributed by atoms with E-state index in [2.05, 4.69) is 226 Å². The SMILES string of the molecule is O=c1c2ccccc2c2nccc3c4cc(-c5cc(-c6ccccc6)nc(-c6ccccc6)c5)ccc4n1c32.O=c1c2ccccc2c2nccc3c4cc(-c5ccc(-c6nc7ccccc7n6-c6ccccc6)cc5)ccc4n1c32.O=c1c2ccccc2c2nccc3c4cc(-c5ccc6sc7ccccc7c6c5)ccc4n1c32.O=c1c2ccccc2c2nccc3c4cc(-c5ccccn5)ccc4n1c32. The number of aromatic nitrogens is 12. The first-order valence-corrected chi connectivity index (χ1v) is 47.8. The number of imidazole rings is 1. The van der Waals surface area contributed by atoms with Crippen LogP contribution in [0.4, 0.5) is 0 Å². The van der Waals surface area contributed by atoms with Crippen LogP contribution in [0.1, 0.15) is 0 Å². The first kappa shape index (κ1) is 81.2. The van der Waals surface area contributed by atoms with Gasteiger partial charge in [0.15, 0.2) is 0 Å². The predicted molar refractivity (Wildman–Crippen MR) is 582 cm³/mol. The summed E-state index contributed by atoms with van der Waals surface area (Å²) in [6.45, 7) is 0. The lowest BCUT2D eigenvalue weighted by molar-refractivity contribution is 1.10. The second kappa shape index (κ2) is 32.2. The third-order valence-electron chi connectivity index (χ3n) is 28.2. The molecule has 15 aromatic carbocycles. The zero-order valence-electron chi connectivity index (χ0n) is 75.5. The van der Waals surface area contributed by atoms with Crippen molar-refractivity contribution in [3.63, 3.8) is 0 Å². The van der Waals surface area contributed by atoms with E-state index in [1.807, 2.05) is 250 Å². The monoisotopic (exact) mass is 1840 g/mol. The molecule has 31 aromatic rings. The van der Waals surface area contributed by atoms with Crippen LogP contribution in [0.2, 0.25) is 0 Å². The summed E-state index contributed by atoms with van der Waals surface area (Å²) < 4.78 is 12.1. The maximum absolute atomic E-state index is 13.7. The van der Waals surface area contributed by atoms with Crippen molar-refractivity contribution < 1.29 is 0 Å². The second-order valence-corrected chi connectivity index (χ2v) is 37.0. The van der Waals surface area contributed by atoms with Crippen molar-refractivity contribution in [2.24, 2.45) is 0 Å². The van der Waals surface area contributed by atoms with Gasteiger partial charge >= 0.3 is 0 Å². The molecule has 0 aliphatic rings. The summed E-state index contributed by atoms with van der Waals surface area (Å²) in [4.78, 5) is 87.2.